The van der Waals surface area contributed by atoms with E-state index in [0.29, 0.717) is 12.1 Å². The predicted octanol–water partition coefficient (Wildman–Crippen LogP) is 2.85. The standard InChI is InChI=1S/C17H28FN3/c1-13(2)19-12-15-6-5-7-16(18)17(15)21-10-8-20(9-11-21)14(3)4/h5-7,13-14,19H,8-12H2,1-4H3. The van der Waals surface area contributed by atoms with Gasteiger partial charge >= 0.3 is 0 Å². The van der Waals surface area contributed by atoms with Gasteiger partial charge in [-0.1, -0.05) is 26.0 Å². The van der Waals surface area contributed by atoms with Crippen LogP contribution < -0.4 is 10.2 Å². The van der Waals surface area contributed by atoms with E-state index >= 15 is 0 Å². The zero-order chi connectivity index (χ0) is 15.4. The third kappa shape index (κ3) is 4.17. The number of hydrogen-bond acceptors (Lipinski definition) is 3. The first-order chi connectivity index (χ1) is 9.99. The van der Waals surface area contributed by atoms with E-state index in [-0.39, 0.29) is 5.82 Å². The van der Waals surface area contributed by atoms with Crippen LogP contribution in [0.1, 0.15) is 33.3 Å². The third-order valence-corrected chi connectivity index (χ3v) is 4.13. The normalized spacial score (nSPS) is 17.0. The number of anilines is 1. The first-order valence-electron chi connectivity index (χ1n) is 7.98. The van der Waals surface area contributed by atoms with Crippen LogP contribution in [0.4, 0.5) is 10.1 Å². The molecule has 1 aromatic rings. The molecule has 0 aliphatic carbocycles. The van der Waals surface area contributed by atoms with Crippen LogP contribution in [-0.4, -0.2) is 43.2 Å². The van der Waals surface area contributed by atoms with Crippen LogP contribution in [0.5, 0.6) is 0 Å². The molecule has 0 atom stereocenters. The second-order valence-corrected chi connectivity index (χ2v) is 6.40. The van der Waals surface area contributed by atoms with Gasteiger partial charge in [0.05, 0.1) is 5.69 Å². The van der Waals surface area contributed by atoms with E-state index in [9.17, 15) is 4.39 Å². The molecule has 0 amide bonds. The molecule has 1 fully saturated rings. The fourth-order valence-corrected chi connectivity index (χ4v) is 2.83. The van der Waals surface area contributed by atoms with Gasteiger partial charge in [-0.05, 0) is 25.5 Å². The van der Waals surface area contributed by atoms with E-state index in [4.69, 9.17) is 0 Å². The van der Waals surface area contributed by atoms with E-state index in [2.05, 4.69) is 42.8 Å². The molecule has 3 nitrogen and oxygen atoms in total. The first-order valence-corrected chi connectivity index (χ1v) is 7.98. The molecule has 1 saturated heterocycles. The number of nitrogens with one attached hydrogen (secondary N) is 1. The van der Waals surface area contributed by atoms with Gasteiger partial charge in [0.1, 0.15) is 5.82 Å². The predicted molar refractivity (Wildman–Crippen MR) is 87.3 cm³/mol. The first kappa shape index (κ1) is 16.2. The van der Waals surface area contributed by atoms with Crippen molar-refractivity contribution < 1.29 is 4.39 Å². The average molecular weight is 293 g/mol. The Hall–Kier alpha value is -1.13. The Morgan fingerprint density at radius 2 is 1.76 bits per heavy atom. The Morgan fingerprint density at radius 1 is 1.10 bits per heavy atom. The molecule has 21 heavy (non-hydrogen) atoms. The van der Waals surface area contributed by atoms with Crippen molar-refractivity contribution in [3.8, 4) is 0 Å². The lowest BCUT2D eigenvalue weighted by Gasteiger charge is -2.39. The fourth-order valence-electron chi connectivity index (χ4n) is 2.83. The van der Waals surface area contributed by atoms with Crippen LogP contribution >= 0.6 is 0 Å². The summed E-state index contributed by atoms with van der Waals surface area (Å²) < 4.78 is 14.3. The largest absolute Gasteiger partial charge is 0.366 e. The van der Waals surface area contributed by atoms with Crippen molar-refractivity contribution in [3.63, 3.8) is 0 Å². The minimum Gasteiger partial charge on any atom is -0.366 e. The Labute approximate surface area is 128 Å². The lowest BCUT2D eigenvalue weighted by molar-refractivity contribution is 0.209. The SMILES string of the molecule is CC(C)NCc1cccc(F)c1N1CCN(C(C)C)CC1. The Kier molecular flexibility index (Phi) is 5.59. The van der Waals surface area contributed by atoms with Crippen LogP contribution in [0.25, 0.3) is 0 Å². The summed E-state index contributed by atoms with van der Waals surface area (Å²) in [6.07, 6.45) is 0. The van der Waals surface area contributed by atoms with E-state index in [0.717, 1.165) is 44.0 Å². The number of rotatable bonds is 5. The quantitative estimate of drug-likeness (QED) is 0.900. The second kappa shape index (κ2) is 7.23. The van der Waals surface area contributed by atoms with Crippen LogP contribution in [0, 0.1) is 5.82 Å². The lowest BCUT2D eigenvalue weighted by Crippen LogP contribution is -2.49. The van der Waals surface area contributed by atoms with Crippen molar-refractivity contribution in [1.29, 1.82) is 0 Å². The van der Waals surface area contributed by atoms with Gasteiger partial charge in [0.25, 0.3) is 0 Å². The van der Waals surface area contributed by atoms with E-state index in [1.165, 1.54) is 0 Å². The average Bonchev–Trinajstić information content (AvgIpc) is 2.45. The summed E-state index contributed by atoms with van der Waals surface area (Å²) in [5.41, 5.74) is 1.84. The third-order valence-electron chi connectivity index (χ3n) is 4.13. The summed E-state index contributed by atoms with van der Waals surface area (Å²) >= 11 is 0. The Morgan fingerprint density at radius 3 is 2.33 bits per heavy atom. The maximum atomic E-state index is 14.3. The molecule has 0 spiro atoms. The fraction of sp³-hybridized carbons (Fsp3) is 0.647. The molecular formula is C17H28FN3. The number of benzene rings is 1. The van der Waals surface area contributed by atoms with Gasteiger partial charge < -0.3 is 10.2 Å². The van der Waals surface area contributed by atoms with Gasteiger partial charge in [0.2, 0.25) is 0 Å². The van der Waals surface area contributed by atoms with Crippen molar-refractivity contribution in [2.45, 2.75) is 46.3 Å². The van der Waals surface area contributed by atoms with Crippen molar-refractivity contribution in [1.82, 2.24) is 10.2 Å². The van der Waals surface area contributed by atoms with Crippen LogP contribution in [0.3, 0.4) is 0 Å². The lowest BCUT2D eigenvalue weighted by atomic mass is 10.1. The van der Waals surface area contributed by atoms with Gasteiger partial charge in [-0.2, -0.15) is 0 Å². The highest BCUT2D eigenvalue weighted by atomic mass is 19.1. The molecule has 2 rings (SSSR count). The molecule has 0 radical (unpaired) electrons. The number of para-hydroxylation sites is 1. The van der Waals surface area contributed by atoms with E-state index in [1.54, 1.807) is 12.1 Å². The van der Waals surface area contributed by atoms with Crippen LogP contribution in [0.2, 0.25) is 0 Å². The molecule has 1 aliphatic rings. The maximum Gasteiger partial charge on any atom is 0.146 e. The van der Waals surface area contributed by atoms with Gasteiger partial charge in [-0.15, -0.1) is 0 Å². The zero-order valence-corrected chi connectivity index (χ0v) is 13.7. The molecule has 0 aromatic heterocycles. The summed E-state index contributed by atoms with van der Waals surface area (Å²) in [7, 11) is 0. The zero-order valence-electron chi connectivity index (χ0n) is 13.7. The molecule has 1 aliphatic heterocycles. The molecule has 118 valence electrons. The van der Waals surface area contributed by atoms with Crippen molar-refractivity contribution in [2.75, 3.05) is 31.1 Å². The highest BCUT2D eigenvalue weighted by Gasteiger charge is 2.22. The maximum absolute atomic E-state index is 14.3. The summed E-state index contributed by atoms with van der Waals surface area (Å²) in [6.45, 7) is 13.2. The topological polar surface area (TPSA) is 18.5 Å². The molecule has 1 heterocycles. The minimum atomic E-state index is -0.101. The van der Waals surface area contributed by atoms with E-state index < -0.39 is 0 Å². The molecule has 4 heteroatoms. The highest BCUT2D eigenvalue weighted by Crippen LogP contribution is 2.26. The van der Waals surface area contributed by atoms with Crippen molar-refractivity contribution in [3.05, 3.63) is 29.6 Å². The van der Waals surface area contributed by atoms with Crippen molar-refractivity contribution in [2.24, 2.45) is 0 Å². The van der Waals surface area contributed by atoms with Crippen LogP contribution in [0.15, 0.2) is 18.2 Å². The summed E-state index contributed by atoms with van der Waals surface area (Å²) in [5, 5.41) is 3.39. The molecule has 0 saturated carbocycles. The second-order valence-electron chi connectivity index (χ2n) is 6.40. The van der Waals surface area contributed by atoms with Gasteiger partial charge in [0, 0.05) is 44.8 Å². The smallest absolute Gasteiger partial charge is 0.146 e. The Bertz CT molecular complexity index is 451. The van der Waals surface area contributed by atoms with Gasteiger partial charge in [0.15, 0.2) is 0 Å². The van der Waals surface area contributed by atoms with Gasteiger partial charge in [-0.3, -0.25) is 4.90 Å². The molecule has 0 unspecified atom stereocenters. The number of halogens is 1. The summed E-state index contributed by atoms with van der Waals surface area (Å²) in [5.74, 6) is -0.101. The highest BCUT2D eigenvalue weighted by molar-refractivity contribution is 5.55. The van der Waals surface area contributed by atoms with E-state index in [1.807, 2.05) is 6.07 Å². The number of hydrogen-bond donors (Lipinski definition) is 1. The minimum absolute atomic E-state index is 0.101. The number of piperazine rings is 1. The van der Waals surface area contributed by atoms with Gasteiger partial charge in [-0.25, -0.2) is 4.39 Å². The van der Waals surface area contributed by atoms with Crippen molar-refractivity contribution >= 4 is 5.69 Å². The summed E-state index contributed by atoms with van der Waals surface area (Å²) in [6, 6.07) is 6.38. The monoisotopic (exact) mass is 293 g/mol. The summed E-state index contributed by atoms with van der Waals surface area (Å²) in [4.78, 5) is 4.65. The molecule has 1 aromatic carbocycles. The molecular weight excluding hydrogens is 265 g/mol. The Balaban J connectivity index is 2.12. The molecule has 1 N–H and O–H groups in total. The number of nitrogens with zero attached hydrogens (tertiary/aromatic N) is 2. The van der Waals surface area contributed by atoms with Crippen LogP contribution in [-0.2, 0) is 6.54 Å². The molecule has 0 bridgehead atoms.